The molecule has 0 aliphatic carbocycles. The van der Waals surface area contributed by atoms with Crippen LogP contribution < -0.4 is 10.6 Å². The summed E-state index contributed by atoms with van der Waals surface area (Å²) in [6.07, 6.45) is 0. The van der Waals surface area contributed by atoms with Crippen molar-refractivity contribution >= 4 is 27.6 Å². The number of hydrogen-bond acceptors (Lipinski definition) is 1. The van der Waals surface area contributed by atoms with Crippen LogP contribution in [0.1, 0.15) is 26.3 Å². The SMILES string of the molecule is Cc1ccc(NC(=O)NC(C)(C)C)c(Br)c1. The number of halogens is 1. The van der Waals surface area contributed by atoms with E-state index in [9.17, 15) is 4.79 Å². The van der Waals surface area contributed by atoms with Crippen molar-refractivity contribution in [3.63, 3.8) is 0 Å². The Morgan fingerprint density at radius 3 is 2.44 bits per heavy atom. The van der Waals surface area contributed by atoms with E-state index >= 15 is 0 Å². The Hall–Kier alpha value is -1.03. The van der Waals surface area contributed by atoms with Gasteiger partial charge in [-0.3, -0.25) is 0 Å². The molecule has 3 nitrogen and oxygen atoms in total. The average Bonchev–Trinajstić information content (AvgIpc) is 2.06. The maximum Gasteiger partial charge on any atom is 0.319 e. The number of anilines is 1. The third-order valence-electron chi connectivity index (χ3n) is 1.86. The number of rotatable bonds is 1. The van der Waals surface area contributed by atoms with Gasteiger partial charge < -0.3 is 10.6 Å². The van der Waals surface area contributed by atoms with Crippen LogP contribution in [-0.4, -0.2) is 11.6 Å². The second-order valence-electron chi connectivity index (χ2n) is 4.81. The van der Waals surface area contributed by atoms with E-state index in [1.165, 1.54) is 0 Å². The third kappa shape index (κ3) is 4.23. The standard InChI is InChI=1S/C12H17BrN2O/c1-8-5-6-10(9(13)7-8)14-11(16)15-12(2,3)4/h5-7H,1-4H3,(H2,14,15,16). The van der Waals surface area contributed by atoms with Gasteiger partial charge in [0.1, 0.15) is 0 Å². The molecule has 0 fully saturated rings. The third-order valence-corrected chi connectivity index (χ3v) is 2.52. The zero-order chi connectivity index (χ0) is 12.3. The van der Waals surface area contributed by atoms with Gasteiger partial charge in [0.15, 0.2) is 0 Å². The molecule has 0 atom stereocenters. The minimum Gasteiger partial charge on any atom is -0.333 e. The first kappa shape index (κ1) is 13.0. The Morgan fingerprint density at radius 2 is 1.94 bits per heavy atom. The van der Waals surface area contributed by atoms with E-state index < -0.39 is 0 Å². The molecular weight excluding hydrogens is 268 g/mol. The fourth-order valence-electron chi connectivity index (χ4n) is 1.22. The van der Waals surface area contributed by atoms with Crippen molar-refractivity contribution in [1.82, 2.24) is 5.32 Å². The average molecular weight is 285 g/mol. The van der Waals surface area contributed by atoms with E-state index in [2.05, 4.69) is 26.6 Å². The molecule has 0 spiro atoms. The van der Waals surface area contributed by atoms with Crippen molar-refractivity contribution in [3.05, 3.63) is 28.2 Å². The van der Waals surface area contributed by atoms with Crippen LogP contribution in [0.15, 0.2) is 22.7 Å². The highest BCUT2D eigenvalue weighted by Crippen LogP contribution is 2.23. The van der Waals surface area contributed by atoms with Gasteiger partial charge in [0.2, 0.25) is 0 Å². The summed E-state index contributed by atoms with van der Waals surface area (Å²) in [6.45, 7) is 7.83. The normalized spacial score (nSPS) is 11.1. The fourth-order valence-corrected chi connectivity index (χ4v) is 1.81. The molecule has 1 aromatic carbocycles. The molecule has 0 bridgehead atoms. The van der Waals surface area contributed by atoms with Crippen LogP contribution in [0.5, 0.6) is 0 Å². The number of amides is 2. The predicted octanol–water partition coefficient (Wildman–Crippen LogP) is 3.68. The van der Waals surface area contributed by atoms with Crippen LogP contribution in [0.2, 0.25) is 0 Å². The summed E-state index contributed by atoms with van der Waals surface area (Å²) in [7, 11) is 0. The van der Waals surface area contributed by atoms with E-state index in [1.807, 2.05) is 45.9 Å². The van der Waals surface area contributed by atoms with Crippen LogP contribution >= 0.6 is 15.9 Å². The molecular formula is C12H17BrN2O. The molecule has 16 heavy (non-hydrogen) atoms. The van der Waals surface area contributed by atoms with Crippen molar-refractivity contribution in [3.8, 4) is 0 Å². The second kappa shape index (κ2) is 4.87. The lowest BCUT2D eigenvalue weighted by atomic mass is 10.1. The lowest BCUT2D eigenvalue weighted by Gasteiger charge is -2.21. The van der Waals surface area contributed by atoms with Crippen molar-refractivity contribution in [2.75, 3.05) is 5.32 Å². The Balaban J connectivity index is 2.70. The highest BCUT2D eigenvalue weighted by atomic mass is 79.9. The number of urea groups is 1. The van der Waals surface area contributed by atoms with Crippen LogP contribution in [0, 0.1) is 6.92 Å². The van der Waals surface area contributed by atoms with E-state index in [0.29, 0.717) is 0 Å². The van der Waals surface area contributed by atoms with Crippen LogP contribution in [-0.2, 0) is 0 Å². The number of benzene rings is 1. The summed E-state index contributed by atoms with van der Waals surface area (Å²) in [5.41, 5.74) is 1.68. The van der Waals surface area contributed by atoms with E-state index in [0.717, 1.165) is 15.7 Å². The summed E-state index contributed by atoms with van der Waals surface area (Å²) in [6, 6.07) is 5.60. The lowest BCUT2D eigenvalue weighted by molar-refractivity contribution is 0.244. The first-order valence-electron chi connectivity index (χ1n) is 5.13. The smallest absolute Gasteiger partial charge is 0.319 e. The molecule has 2 N–H and O–H groups in total. The van der Waals surface area contributed by atoms with Crippen LogP contribution in [0.25, 0.3) is 0 Å². The zero-order valence-corrected chi connectivity index (χ0v) is 11.6. The predicted molar refractivity (Wildman–Crippen MR) is 70.8 cm³/mol. The minimum absolute atomic E-state index is 0.197. The Labute approximate surface area is 105 Å². The number of carbonyl (C=O) groups excluding carboxylic acids is 1. The van der Waals surface area contributed by atoms with Gasteiger partial charge in [0, 0.05) is 10.0 Å². The van der Waals surface area contributed by atoms with Crippen molar-refractivity contribution < 1.29 is 4.79 Å². The van der Waals surface area contributed by atoms with Crippen molar-refractivity contribution in [1.29, 1.82) is 0 Å². The van der Waals surface area contributed by atoms with Crippen LogP contribution in [0.3, 0.4) is 0 Å². The summed E-state index contributed by atoms with van der Waals surface area (Å²) in [5.74, 6) is 0. The number of carbonyl (C=O) groups is 1. The van der Waals surface area contributed by atoms with E-state index in [-0.39, 0.29) is 11.6 Å². The molecule has 0 saturated carbocycles. The molecule has 0 aliphatic heterocycles. The number of hydrogen-bond donors (Lipinski definition) is 2. The zero-order valence-electron chi connectivity index (χ0n) is 10.0. The molecule has 2 amide bonds. The van der Waals surface area contributed by atoms with E-state index in [4.69, 9.17) is 0 Å². The van der Waals surface area contributed by atoms with Gasteiger partial charge in [-0.15, -0.1) is 0 Å². The fraction of sp³-hybridized carbons (Fsp3) is 0.417. The Bertz CT molecular complexity index is 396. The van der Waals surface area contributed by atoms with Gasteiger partial charge in [-0.25, -0.2) is 4.79 Å². The van der Waals surface area contributed by atoms with Gasteiger partial charge in [-0.2, -0.15) is 0 Å². The molecule has 0 saturated heterocycles. The molecule has 1 aromatic rings. The van der Waals surface area contributed by atoms with Gasteiger partial charge in [0.25, 0.3) is 0 Å². The Morgan fingerprint density at radius 1 is 1.31 bits per heavy atom. The molecule has 0 radical (unpaired) electrons. The topological polar surface area (TPSA) is 41.1 Å². The van der Waals surface area contributed by atoms with Crippen molar-refractivity contribution in [2.45, 2.75) is 33.2 Å². The summed E-state index contributed by atoms with van der Waals surface area (Å²) < 4.78 is 0.886. The van der Waals surface area contributed by atoms with E-state index in [1.54, 1.807) is 0 Å². The van der Waals surface area contributed by atoms with Gasteiger partial charge >= 0.3 is 6.03 Å². The summed E-state index contributed by atoms with van der Waals surface area (Å²) >= 11 is 3.41. The second-order valence-corrected chi connectivity index (χ2v) is 5.67. The summed E-state index contributed by atoms with van der Waals surface area (Å²) in [5, 5.41) is 5.64. The number of nitrogens with one attached hydrogen (secondary N) is 2. The monoisotopic (exact) mass is 284 g/mol. The Kier molecular flexibility index (Phi) is 3.97. The summed E-state index contributed by atoms with van der Waals surface area (Å²) in [4.78, 5) is 11.6. The molecule has 0 unspecified atom stereocenters. The maximum atomic E-state index is 11.6. The highest BCUT2D eigenvalue weighted by Gasteiger charge is 2.14. The molecule has 4 heteroatoms. The van der Waals surface area contributed by atoms with Crippen molar-refractivity contribution in [2.24, 2.45) is 0 Å². The largest absolute Gasteiger partial charge is 0.333 e. The maximum absolute atomic E-state index is 11.6. The quantitative estimate of drug-likeness (QED) is 0.812. The first-order chi connectivity index (χ1) is 7.28. The van der Waals surface area contributed by atoms with Gasteiger partial charge in [0.05, 0.1) is 5.69 Å². The highest BCUT2D eigenvalue weighted by molar-refractivity contribution is 9.10. The van der Waals surface area contributed by atoms with Gasteiger partial charge in [-0.1, -0.05) is 6.07 Å². The van der Waals surface area contributed by atoms with Gasteiger partial charge in [-0.05, 0) is 61.3 Å². The number of aryl methyl sites for hydroxylation is 1. The molecule has 1 rings (SSSR count). The molecule has 0 aliphatic rings. The first-order valence-corrected chi connectivity index (χ1v) is 5.92. The molecule has 0 aromatic heterocycles. The molecule has 88 valence electrons. The lowest BCUT2D eigenvalue weighted by Crippen LogP contribution is -2.43. The minimum atomic E-state index is -0.235. The van der Waals surface area contributed by atoms with Crippen LogP contribution in [0.4, 0.5) is 10.5 Å². The molecule has 0 heterocycles.